The fourth-order valence-electron chi connectivity index (χ4n) is 1.62. The quantitative estimate of drug-likeness (QED) is 0.612. The minimum absolute atomic E-state index is 0.0365. The molecule has 1 fully saturated rings. The maximum absolute atomic E-state index is 10.8. The molecule has 1 aliphatic rings. The third-order valence-corrected chi connectivity index (χ3v) is 2.62. The third-order valence-electron chi connectivity index (χ3n) is 2.38. The van der Waals surface area contributed by atoms with E-state index in [4.69, 9.17) is 17.3 Å². The van der Waals surface area contributed by atoms with Crippen molar-refractivity contribution in [2.24, 2.45) is 5.73 Å². The van der Waals surface area contributed by atoms with Gasteiger partial charge in [0.15, 0.2) is 0 Å². The zero-order valence-corrected chi connectivity index (χ0v) is 8.65. The summed E-state index contributed by atoms with van der Waals surface area (Å²) in [7, 11) is 0. The van der Waals surface area contributed by atoms with Crippen LogP contribution in [0.15, 0.2) is 18.2 Å². The Bertz CT molecular complexity index is 404. The Morgan fingerprint density at radius 2 is 2.20 bits per heavy atom. The Morgan fingerprint density at radius 3 is 2.73 bits per heavy atom. The molecule has 0 aromatic heterocycles. The first kappa shape index (κ1) is 10.2. The molecule has 0 radical (unpaired) electrons. The zero-order valence-electron chi connectivity index (χ0n) is 7.89. The van der Waals surface area contributed by atoms with Gasteiger partial charge in [-0.3, -0.25) is 10.1 Å². The van der Waals surface area contributed by atoms with Crippen LogP contribution in [0, 0.1) is 10.1 Å². The summed E-state index contributed by atoms with van der Waals surface area (Å²) in [6, 6.07) is 4.78. The number of nitrogens with zero attached hydrogens (tertiary/aromatic N) is 2. The molecule has 0 aliphatic carbocycles. The van der Waals surface area contributed by atoms with E-state index in [-0.39, 0.29) is 11.7 Å². The second-order valence-electron chi connectivity index (χ2n) is 3.56. The van der Waals surface area contributed by atoms with E-state index in [1.165, 1.54) is 6.07 Å². The van der Waals surface area contributed by atoms with Crippen molar-refractivity contribution in [3.8, 4) is 0 Å². The highest BCUT2D eigenvalue weighted by Gasteiger charge is 2.28. The summed E-state index contributed by atoms with van der Waals surface area (Å²) in [6.07, 6.45) is 0. The van der Waals surface area contributed by atoms with Gasteiger partial charge in [-0.2, -0.15) is 0 Å². The number of benzene rings is 1. The van der Waals surface area contributed by atoms with Gasteiger partial charge in [0, 0.05) is 30.2 Å². The van der Waals surface area contributed by atoms with Crippen molar-refractivity contribution >= 4 is 23.0 Å². The van der Waals surface area contributed by atoms with E-state index in [1.54, 1.807) is 12.1 Å². The lowest BCUT2D eigenvalue weighted by molar-refractivity contribution is -0.384. The predicted octanol–water partition coefficient (Wildman–Crippen LogP) is 1.40. The van der Waals surface area contributed by atoms with Crippen molar-refractivity contribution in [3.05, 3.63) is 33.3 Å². The molecule has 1 aliphatic heterocycles. The summed E-state index contributed by atoms with van der Waals surface area (Å²) in [6.45, 7) is 1.31. The second kappa shape index (κ2) is 3.67. The van der Waals surface area contributed by atoms with E-state index < -0.39 is 4.92 Å². The fraction of sp³-hybridized carbons (Fsp3) is 0.333. The summed E-state index contributed by atoms with van der Waals surface area (Å²) in [5.74, 6) is 0. The van der Waals surface area contributed by atoms with Gasteiger partial charge in [0.1, 0.15) is 5.69 Å². The van der Waals surface area contributed by atoms with Crippen molar-refractivity contribution in [2.45, 2.75) is 6.04 Å². The molecule has 1 heterocycles. The van der Waals surface area contributed by atoms with Crippen LogP contribution < -0.4 is 10.6 Å². The highest BCUT2D eigenvalue weighted by atomic mass is 35.5. The maximum Gasteiger partial charge on any atom is 0.294 e. The molecule has 0 unspecified atom stereocenters. The van der Waals surface area contributed by atoms with E-state index in [2.05, 4.69) is 0 Å². The van der Waals surface area contributed by atoms with Crippen LogP contribution in [0.1, 0.15) is 0 Å². The van der Waals surface area contributed by atoms with Crippen LogP contribution in [0.25, 0.3) is 0 Å². The monoisotopic (exact) mass is 227 g/mol. The lowest BCUT2D eigenvalue weighted by atomic mass is 10.1. The van der Waals surface area contributed by atoms with Crippen LogP contribution in [0.5, 0.6) is 0 Å². The smallest absolute Gasteiger partial charge is 0.294 e. The molecule has 2 rings (SSSR count). The molecule has 2 N–H and O–H groups in total. The fourth-order valence-corrected chi connectivity index (χ4v) is 1.79. The van der Waals surface area contributed by atoms with Crippen LogP contribution in [0.2, 0.25) is 5.02 Å². The van der Waals surface area contributed by atoms with Gasteiger partial charge >= 0.3 is 0 Å². The molecule has 0 bridgehead atoms. The molecular weight excluding hydrogens is 218 g/mol. The first-order valence-corrected chi connectivity index (χ1v) is 4.90. The number of nitro benzene ring substituents is 1. The molecule has 1 saturated heterocycles. The Labute approximate surface area is 91.6 Å². The van der Waals surface area contributed by atoms with E-state index >= 15 is 0 Å². The minimum atomic E-state index is -0.426. The first-order chi connectivity index (χ1) is 7.08. The van der Waals surface area contributed by atoms with Crippen molar-refractivity contribution in [2.75, 3.05) is 18.0 Å². The van der Waals surface area contributed by atoms with Gasteiger partial charge in [0.2, 0.25) is 0 Å². The first-order valence-electron chi connectivity index (χ1n) is 4.52. The largest absolute Gasteiger partial charge is 0.363 e. The number of hydrogen-bond donors (Lipinski definition) is 1. The van der Waals surface area contributed by atoms with Crippen LogP contribution in [-0.4, -0.2) is 24.1 Å². The van der Waals surface area contributed by atoms with Gasteiger partial charge in [0.05, 0.1) is 4.92 Å². The number of halogens is 1. The average molecular weight is 228 g/mol. The van der Waals surface area contributed by atoms with Gasteiger partial charge in [-0.15, -0.1) is 0 Å². The molecule has 80 valence electrons. The molecule has 1 aromatic rings. The molecule has 1 aromatic carbocycles. The number of nitrogens with two attached hydrogens (primary N) is 1. The lowest BCUT2D eigenvalue weighted by Crippen LogP contribution is -2.56. The normalized spacial score (nSPS) is 16.3. The predicted molar refractivity (Wildman–Crippen MR) is 58.3 cm³/mol. The standard InChI is InChI=1S/C9H10ClN3O2/c10-6-1-2-8(9(3-6)13(14)15)12-4-7(11)5-12/h1-3,7H,4-5,11H2. The van der Waals surface area contributed by atoms with E-state index in [1.807, 2.05) is 4.90 Å². The number of anilines is 1. The van der Waals surface area contributed by atoms with Gasteiger partial charge < -0.3 is 10.6 Å². The molecule has 0 amide bonds. The molecular formula is C9H10ClN3O2. The summed E-state index contributed by atoms with van der Waals surface area (Å²) >= 11 is 5.71. The van der Waals surface area contributed by atoms with E-state index in [9.17, 15) is 10.1 Å². The van der Waals surface area contributed by atoms with Gasteiger partial charge in [-0.1, -0.05) is 11.6 Å². The van der Waals surface area contributed by atoms with Crippen molar-refractivity contribution in [3.63, 3.8) is 0 Å². The maximum atomic E-state index is 10.8. The topological polar surface area (TPSA) is 72.4 Å². The van der Waals surface area contributed by atoms with Crippen molar-refractivity contribution < 1.29 is 4.92 Å². The third kappa shape index (κ3) is 1.88. The van der Waals surface area contributed by atoms with Gasteiger partial charge in [-0.25, -0.2) is 0 Å². The number of nitro groups is 1. The van der Waals surface area contributed by atoms with Crippen LogP contribution in [0.3, 0.4) is 0 Å². The van der Waals surface area contributed by atoms with E-state index in [0.29, 0.717) is 23.8 Å². The van der Waals surface area contributed by atoms with Gasteiger partial charge in [0.25, 0.3) is 5.69 Å². The zero-order chi connectivity index (χ0) is 11.0. The van der Waals surface area contributed by atoms with E-state index in [0.717, 1.165) is 0 Å². The molecule has 0 atom stereocenters. The lowest BCUT2D eigenvalue weighted by Gasteiger charge is -2.38. The molecule has 0 saturated carbocycles. The SMILES string of the molecule is NC1CN(c2ccc(Cl)cc2[N+](=O)[O-])C1. The highest BCUT2D eigenvalue weighted by molar-refractivity contribution is 6.30. The molecule has 6 heteroatoms. The van der Waals surface area contributed by atoms with Gasteiger partial charge in [-0.05, 0) is 12.1 Å². The Morgan fingerprint density at radius 1 is 1.53 bits per heavy atom. The summed E-state index contributed by atoms with van der Waals surface area (Å²) in [4.78, 5) is 12.2. The Hall–Kier alpha value is -1.33. The van der Waals surface area contributed by atoms with Crippen molar-refractivity contribution in [1.29, 1.82) is 0 Å². The Balaban J connectivity index is 2.34. The number of hydrogen-bond acceptors (Lipinski definition) is 4. The van der Waals surface area contributed by atoms with Crippen molar-refractivity contribution in [1.82, 2.24) is 0 Å². The molecule has 0 spiro atoms. The molecule has 5 nitrogen and oxygen atoms in total. The highest BCUT2D eigenvalue weighted by Crippen LogP contribution is 2.33. The summed E-state index contributed by atoms with van der Waals surface area (Å²) < 4.78 is 0. The second-order valence-corrected chi connectivity index (χ2v) is 3.99. The summed E-state index contributed by atoms with van der Waals surface area (Å²) in [5.41, 5.74) is 6.25. The average Bonchev–Trinajstić information content (AvgIpc) is 2.13. The van der Waals surface area contributed by atoms with Crippen LogP contribution >= 0.6 is 11.6 Å². The van der Waals surface area contributed by atoms with Crippen LogP contribution in [0.4, 0.5) is 11.4 Å². The number of rotatable bonds is 2. The Kier molecular flexibility index (Phi) is 2.50. The van der Waals surface area contributed by atoms with Crippen LogP contribution in [-0.2, 0) is 0 Å². The molecule has 15 heavy (non-hydrogen) atoms. The summed E-state index contributed by atoms with van der Waals surface area (Å²) in [5, 5.41) is 11.2. The minimum Gasteiger partial charge on any atom is -0.363 e.